The van der Waals surface area contributed by atoms with Gasteiger partial charge in [0.2, 0.25) is 0 Å². The SMILES string of the molecule is CC.CC/C=C\C(=C/CC)C(OCC(C)/C=C\C(CCC)n1ccc(=O)[nH]c1=O)(c1ccccc1)c1ccccc1. The molecule has 5 heteroatoms. The Balaban J connectivity index is 0.00000287. The molecule has 2 unspecified atom stereocenters. The Morgan fingerprint density at radius 2 is 1.51 bits per heavy atom. The first-order valence-electron chi connectivity index (χ1n) is 15.1. The standard InChI is InChI=1S/C34H42N2O3.C2H6/c1-5-8-17-28(15-6-2)34(29-18-11-9-12-19-29,30-20-13-10-14-21-30)39-26-27(4)22-23-31(16-7-3)36-25-24-32(37)35-33(36)38;1-2/h8-15,17-25,27,31H,5-7,16,26H2,1-4H3,(H,35,37,38);1-2H3/b17-8-,23-22-,28-15+;. The van der Waals surface area contributed by atoms with E-state index in [1.54, 1.807) is 10.8 Å². The molecular formula is C36H48N2O3. The molecule has 0 amide bonds. The van der Waals surface area contributed by atoms with Gasteiger partial charge in [-0.25, -0.2) is 4.79 Å². The molecule has 0 fully saturated rings. The molecule has 2 atom stereocenters. The van der Waals surface area contributed by atoms with Crippen molar-refractivity contribution in [3.63, 3.8) is 0 Å². The van der Waals surface area contributed by atoms with Crippen LogP contribution < -0.4 is 11.2 Å². The van der Waals surface area contributed by atoms with Crippen molar-refractivity contribution in [1.82, 2.24) is 9.55 Å². The van der Waals surface area contributed by atoms with E-state index in [4.69, 9.17) is 4.74 Å². The Labute approximate surface area is 246 Å². The summed E-state index contributed by atoms with van der Waals surface area (Å²) < 4.78 is 8.61. The zero-order valence-electron chi connectivity index (χ0n) is 25.7. The average molecular weight is 557 g/mol. The van der Waals surface area contributed by atoms with E-state index in [-0.39, 0.29) is 17.5 Å². The third-order valence-corrected chi connectivity index (χ3v) is 6.74. The van der Waals surface area contributed by atoms with Crippen LogP contribution in [0.25, 0.3) is 0 Å². The van der Waals surface area contributed by atoms with Crippen molar-refractivity contribution in [2.24, 2.45) is 5.92 Å². The van der Waals surface area contributed by atoms with Crippen molar-refractivity contribution < 1.29 is 4.74 Å². The molecule has 3 rings (SSSR count). The maximum absolute atomic E-state index is 12.4. The highest BCUT2D eigenvalue weighted by atomic mass is 16.5. The first-order valence-corrected chi connectivity index (χ1v) is 15.1. The largest absolute Gasteiger partial charge is 0.360 e. The predicted molar refractivity (Wildman–Crippen MR) is 172 cm³/mol. The molecule has 0 spiro atoms. The number of hydrogen-bond acceptors (Lipinski definition) is 3. The molecule has 220 valence electrons. The van der Waals surface area contributed by atoms with E-state index in [9.17, 15) is 9.59 Å². The highest BCUT2D eigenvalue weighted by Crippen LogP contribution is 2.42. The van der Waals surface area contributed by atoms with Crippen LogP contribution in [0.15, 0.2) is 118 Å². The van der Waals surface area contributed by atoms with Crippen molar-refractivity contribution in [2.45, 2.75) is 78.9 Å². The van der Waals surface area contributed by atoms with E-state index in [2.05, 4.69) is 112 Å². The predicted octanol–water partition coefficient (Wildman–Crippen LogP) is 8.36. The van der Waals surface area contributed by atoms with Gasteiger partial charge in [-0.15, -0.1) is 0 Å². The topological polar surface area (TPSA) is 64.1 Å². The number of aromatic amines is 1. The van der Waals surface area contributed by atoms with Gasteiger partial charge in [-0.05, 0) is 41.9 Å². The van der Waals surface area contributed by atoms with E-state index < -0.39 is 11.3 Å². The average Bonchev–Trinajstić information content (AvgIpc) is 3.00. The van der Waals surface area contributed by atoms with E-state index >= 15 is 0 Å². The summed E-state index contributed by atoms with van der Waals surface area (Å²) in [5.41, 5.74) is 1.73. The summed E-state index contributed by atoms with van der Waals surface area (Å²) in [5.74, 6) is 0.0765. The van der Waals surface area contributed by atoms with Crippen molar-refractivity contribution in [3.05, 3.63) is 141 Å². The molecule has 0 aliphatic carbocycles. The molecule has 1 aromatic heterocycles. The van der Waals surface area contributed by atoms with Crippen LogP contribution in [0, 0.1) is 5.92 Å². The summed E-state index contributed by atoms with van der Waals surface area (Å²) in [6.07, 6.45) is 15.9. The van der Waals surface area contributed by atoms with Crippen LogP contribution in [0.1, 0.15) is 84.4 Å². The first kappa shape index (κ1) is 33.5. The highest BCUT2D eigenvalue weighted by Gasteiger charge is 2.38. The van der Waals surface area contributed by atoms with Crippen LogP contribution in [0.3, 0.4) is 0 Å². The Morgan fingerprint density at radius 3 is 2.02 bits per heavy atom. The van der Waals surface area contributed by atoms with E-state index in [1.165, 1.54) is 6.07 Å². The number of benzene rings is 2. The van der Waals surface area contributed by atoms with E-state index in [1.807, 2.05) is 26.0 Å². The fourth-order valence-electron chi connectivity index (χ4n) is 4.83. The second-order valence-corrected chi connectivity index (χ2v) is 9.84. The van der Waals surface area contributed by atoms with Crippen LogP contribution in [-0.2, 0) is 10.3 Å². The number of H-pyrrole nitrogens is 1. The summed E-state index contributed by atoms with van der Waals surface area (Å²) in [5, 5.41) is 0. The van der Waals surface area contributed by atoms with Crippen LogP contribution in [0.4, 0.5) is 0 Å². The molecule has 0 aliphatic rings. The van der Waals surface area contributed by atoms with Crippen LogP contribution in [0.5, 0.6) is 0 Å². The molecule has 0 saturated heterocycles. The van der Waals surface area contributed by atoms with Crippen molar-refractivity contribution in [2.75, 3.05) is 6.61 Å². The third-order valence-electron chi connectivity index (χ3n) is 6.74. The summed E-state index contributed by atoms with van der Waals surface area (Å²) in [4.78, 5) is 26.4. The monoisotopic (exact) mass is 556 g/mol. The van der Waals surface area contributed by atoms with Crippen LogP contribution in [-0.4, -0.2) is 16.2 Å². The Morgan fingerprint density at radius 1 is 0.902 bits per heavy atom. The lowest BCUT2D eigenvalue weighted by molar-refractivity contribution is 0.00104. The number of rotatable bonds is 14. The van der Waals surface area contributed by atoms with Gasteiger partial charge in [0.05, 0.1) is 12.6 Å². The number of nitrogens with one attached hydrogen (secondary N) is 1. The summed E-state index contributed by atoms with van der Waals surface area (Å²) in [6, 6.07) is 22.1. The summed E-state index contributed by atoms with van der Waals surface area (Å²) >= 11 is 0. The maximum Gasteiger partial charge on any atom is 0.328 e. The quantitative estimate of drug-likeness (QED) is 0.160. The molecule has 2 aromatic carbocycles. The van der Waals surface area contributed by atoms with Crippen molar-refractivity contribution >= 4 is 0 Å². The molecule has 0 aliphatic heterocycles. The second kappa shape index (κ2) is 17.9. The lowest BCUT2D eigenvalue weighted by atomic mass is 9.78. The molecule has 41 heavy (non-hydrogen) atoms. The molecule has 3 aromatic rings. The van der Waals surface area contributed by atoms with Gasteiger partial charge in [-0.1, -0.05) is 139 Å². The van der Waals surface area contributed by atoms with Crippen molar-refractivity contribution in [1.29, 1.82) is 0 Å². The highest BCUT2D eigenvalue weighted by molar-refractivity contribution is 5.49. The minimum absolute atomic E-state index is 0.0765. The lowest BCUT2D eigenvalue weighted by Crippen LogP contribution is -2.35. The van der Waals surface area contributed by atoms with Gasteiger partial charge in [0.15, 0.2) is 0 Å². The van der Waals surface area contributed by atoms with Gasteiger partial charge in [0.25, 0.3) is 5.56 Å². The minimum atomic E-state index is -0.773. The number of hydrogen-bond donors (Lipinski definition) is 1. The Hall–Kier alpha value is -3.70. The third kappa shape index (κ3) is 9.15. The second-order valence-electron chi connectivity index (χ2n) is 9.84. The van der Waals surface area contributed by atoms with Gasteiger partial charge in [0.1, 0.15) is 5.60 Å². The smallest absolute Gasteiger partial charge is 0.328 e. The zero-order chi connectivity index (χ0) is 30.1. The molecule has 0 radical (unpaired) electrons. The summed E-state index contributed by atoms with van der Waals surface area (Å²) in [6.45, 7) is 13.0. The van der Waals surface area contributed by atoms with Gasteiger partial charge < -0.3 is 4.74 Å². The number of nitrogens with zero attached hydrogens (tertiary/aromatic N) is 1. The first-order chi connectivity index (χ1) is 20.0. The van der Waals surface area contributed by atoms with Gasteiger partial charge in [0, 0.05) is 12.3 Å². The lowest BCUT2D eigenvalue weighted by Gasteiger charge is -2.37. The normalized spacial score (nSPS) is 13.7. The number of ether oxygens (including phenoxy) is 1. The Bertz CT molecular complexity index is 1310. The fourth-order valence-corrected chi connectivity index (χ4v) is 4.83. The van der Waals surface area contributed by atoms with Crippen LogP contribution >= 0.6 is 0 Å². The Kier molecular flexibility index (Phi) is 14.6. The minimum Gasteiger partial charge on any atom is -0.360 e. The van der Waals surface area contributed by atoms with Gasteiger partial charge in [-0.3, -0.25) is 14.3 Å². The molecule has 0 bridgehead atoms. The van der Waals surface area contributed by atoms with Gasteiger partial charge in [-0.2, -0.15) is 0 Å². The van der Waals surface area contributed by atoms with E-state index in [0.717, 1.165) is 42.4 Å². The molecule has 5 nitrogen and oxygen atoms in total. The maximum atomic E-state index is 12.4. The number of allylic oxidation sites excluding steroid dienone is 3. The molecular weight excluding hydrogens is 508 g/mol. The number of aromatic nitrogens is 2. The van der Waals surface area contributed by atoms with Gasteiger partial charge >= 0.3 is 5.69 Å². The van der Waals surface area contributed by atoms with Crippen LogP contribution in [0.2, 0.25) is 0 Å². The summed E-state index contributed by atoms with van der Waals surface area (Å²) in [7, 11) is 0. The van der Waals surface area contributed by atoms with E-state index in [0.29, 0.717) is 6.61 Å². The molecule has 1 N–H and O–H groups in total. The fraction of sp³-hybridized carbons (Fsp3) is 0.389. The molecule has 0 saturated carbocycles. The zero-order valence-corrected chi connectivity index (χ0v) is 25.7. The van der Waals surface area contributed by atoms with Crippen molar-refractivity contribution in [3.8, 4) is 0 Å². The molecule has 1 heterocycles.